The van der Waals surface area contributed by atoms with E-state index >= 15 is 0 Å². The molecule has 0 unspecified atom stereocenters. The van der Waals surface area contributed by atoms with Crippen molar-refractivity contribution in [3.05, 3.63) is 34.9 Å². The predicted molar refractivity (Wildman–Crippen MR) is 69.8 cm³/mol. The van der Waals surface area contributed by atoms with Crippen LogP contribution in [0, 0.1) is 0 Å². The highest BCUT2D eigenvalue weighted by molar-refractivity contribution is 9.10. The van der Waals surface area contributed by atoms with E-state index in [0.717, 1.165) is 5.56 Å². The third kappa shape index (κ3) is 1.82. The van der Waals surface area contributed by atoms with E-state index in [2.05, 4.69) is 21.1 Å². The zero-order chi connectivity index (χ0) is 12.8. The Hall–Kier alpha value is -1.07. The lowest BCUT2D eigenvalue weighted by Crippen LogP contribution is -2.39. The van der Waals surface area contributed by atoms with E-state index in [-0.39, 0.29) is 10.8 Å². The number of esters is 1. The van der Waals surface area contributed by atoms with Crippen molar-refractivity contribution in [3.63, 3.8) is 0 Å². The van der Waals surface area contributed by atoms with Gasteiger partial charge in [-0.3, -0.25) is 4.79 Å². The Morgan fingerprint density at radius 3 is 2.72 bits per heavy atom. The number of nitrogens with zero attached hydrogens (tertiary/aromatic N) is 1. The van der Waals surface area contributed by atoms with Gasteiger partial charge < -0.3 is 9.57 Å². The Morgan fingerprint density at radius 2 is 2.11 bits per heavy atom. The Balaban J connectivity index is 1.88. The maximum Gasteiger partial charge on any atom is 0.309 e. The van der Waals surface area contributed by atoms with Crippen molar-refractivity contribution in [2.75, 3.05) is 0 Å². The van der Waals surface area contributed by atoms with Crippen molar-refractivity contribution in [1.29, 1.82) is 0 Å². The van der Waals surface area contributed by atoms with Crippen LogP contribution < -0.4 is 0 Å². The number of hydrogen-bond donors (Lipinski definition) is 0. The Morgan fingerprint density at radius 1 is 1.39 bits per heavy atom. The topological polar surface area (TPSA) is 47.9 Å². The van der Waals surface area contributed by atoms with Gasteiger partial charge in [-0.05, 0) is 12.1 Å². The Kier molecular flexibility index (Phi) is 2.83. The van der Waals surface area contributed by atoms with Crippen LogP contribution in [0.5, 0.6) is 0 Å². The van der Waals surface area contributed by atoms with E-state index in [1.54, 1.807) is 12.1 Å². The number of carbonyl (C=O) groups is 1. The van der Waals surface area contributed by atoms with Gasteiger partial charge in [0.1, 0.15) is 10.5 Å². The van der Waals surface area contributed by atoms with E-state index in [1.165, 1.54) is 0 Å². The van der Waals surface area contributed by atoms with Crippen molar-refractivity contribution in [1.82, 2.24) is 0 Å². The zero-order valence-corrected chi connectivity index (χ0v) is 11.6. The van der Waals surface area contributed by atoms with Gasteiger partial charge in [0.25, 0.3) is 5.79 Å². The van der Waals surface area contributed by atoms with E-state index < -0.39 is 5.79 Å². The number of carbonyl (C=O) groups excluding carboxylic acids is 1. The second-order valence-electron chi connectivity index (χ2n) is 4.22. The third-order valence-corrected chi connectivity index (χ3v) is 4.41. The summed E-state index contributed by atoms with van der Waals surface area (Å²) in [5, 5.41) is 4.69. The van der Waals surface area contributed by atoms with Crippen LogP contribution in [0.1, 0.15) is 18.4 Å². The number of alkyl halides is 1. The van der Waals surface area contributed by atoms with E-state index in [1.807, 2.05) is 12.1 Å². The molecule has 0 bridgehead atoms. The van der Waals surface area contributed by atoms with E-state index in [4.69, 9.17) is 21.2 Å². The molecular formula is C12H9BrClNO3. The minimum atomic E-state index is -0.980. The van der Waals surface area contributed by atoms with Gasteiger partial charge in [-0.25, -0.2) is 0 Å². The Bertz CT molecular complexity index is 531. The van der Waals surface area contributed by atoms with Crippen LogP contribution in [0.15, 0.2) is 29.4 Å². The number of halogens is 2. The van der Waals surface area contributed by atoms with Crippen LogP contribution in [0.25, 0.3) is 0 Å². The summed E-state index contributed by atoms with van der Waals surface area (Å²) in [5.74, 6) is -1.24. The average Bonchev–Trinajstić information content (AvgIpc) is 2.88. The fourth-order valence-electron chi connectivity index (χ4n) is 2.06. The second kappa shape index (κ2) is 4.24. The quantitative estimate of drug-likeness (QED) is 0.587. The molecule has 18 heavy (non-hydrogen) atoms. The van der Waals surface area contributed by atoms with Gasteiger partial charge in [-0.2, -0.15) is 0 Å². The van der Waals surface area contributed by atoms with E-state index in [9.17, 15) is 4.79 Å². The molecule has 2 atom stereocenters. The average molecular weight is 331 g/mol. The fraction of sp³-hybridized carbons (Fsp3) is 0.333. The maximum absolute atomic E-state index is 11.2. The molecule has 2 heterocycles. The molecule has 0 aliphatic carbocycles. The first-order chi connectivity index (χ1) is 8.61. The number of ether oxygens (including phenoxy) is 1. The smallest absolute Gasteiger partial charge is 0.309 e. The van der Waals surface area contributed by atoms with Crippen molar-refractivity contribution < 1.29 is 14.4 Å². The molecule has 2 aliphatic heterocycles. The predicted octanol–water partition coefficient (Wildman–Crippen LogP) is 2.87. The van der Waals surface area contributed by atoms with Crippen molar-refractivity contribution >= 4 is 39.2 Å². The lowest BCUT2D eigenvalue weighted by Gasteiger charge is -2.22. The standard InChI is InChI=1S/C12H9BrClNO3/c13-11-10(7-1-3-8(14)4-2-7)15-18-12(11)6-5-9(16)17-12/h1-4,11H,5-6H2/t11-,12-/m0/s1. The van der Waals surface area contributed by atoms with Gasteiger partial charge in [-0.15, -0.1) is 0 Å². The number of hydrogen-bond acceptors (Lipinski definition) is 4. The number of benzene rings is 1. The zero-order valence-electron chi connectivity index (χ0n) is 9.23. The lowest BCUT2D eigenvalue weighted by atomic mass is 10.0. The van der Waals surface area contributed by atoms with Crippen LogP contribution in [0.2, 0.25) is 5.02 Å². The highest BCUT2D eigenvalue weighted by atomic mass is 79.9. The van der Waals surface area contributed by atoms with Crippen LogP contribution in [0.3, 0.4) is 0 Å². The summed E-state index contributed by atoms with van der Waals surface area (Å²) >= 11 is 9.35. The molecule has 0 saturated carbocycles. The molecule has 94 valence electrons. The second-order valence-corrected chi connectivity index (χ2v) is 5.58. The molecule has 3 rings (SSSR count). The molecular weight excluding hydrogens is 321 g/mol. The first-order valence-electron chi connectivity index (χ1n) is 5.49. The summed E-state index contributed by atoms with van der Waals surface area (Å²) in [5.41, 5.74) is 1.60. The lowest BCUT2D eigenvalue weighted by molar-refractivity contribution is -0.197. The summed E-state index contributed by atoms with van der Waals surface area (Å²) in [6, 6.07) is 7.28. The molecule has 1 saturated heterocycles. The van der Waals surface area contributed by atoms with E-state index in [0.29, 0.717) is 23.6 Å². The molecule has 0 amide bonds. The van der Waals surface area contributed by atoms with Crippen LogP contribution in [-0.2, 0) is 14.4 Å². The van der Waals surface area contributed by atoms with Gasteiger partial charge in [0.15, 0.2) is 0 Å². The number of oxime groups is 1. The maximum atomic E-state index is 11.2. The highest BCUT2D eigenvalue weighted by Gasteiger charge is 2.55. The van der Waals surface area contributed by atoms with Crippen LogP contribution in [0.4, 0.5) is 0 Å². The molecule has 1 fully saturated rings. The van der Waals surface area contributed by atoms with Gasteiger partial charge in [0, 0.05) is 17.0 Å². The fourth-order valence-corrected chi connectivity index (χ4v) is 2.94. The summed E-state index contributed by atoms with van der Waals surface area (Å²) < 4.78 is 5.25. The van der Waals surface area contributed by atoms with Crippen molar-refractivity contribution in [2.24, 2.45) is 5.16 Å². The molecule has 1 aromatic carbocycles. The molecule has 6 heteroatoms. The van der Waals surface area contributed by atoms with Crippen LogP contribution >= 0.6 is 27.5 Å². The first kappa shape index (κ1) is 12.0. The van der Waals surface area contributed by atoms with Gasteiger partial charge in [-0.1, -0.05) is 44.8 Å². The normalized spacial score (nSPS) is 30.2. The highest BCUT2D eigenvalue weighted by Crippen LogP contribution is 2.41. The minimum Gasteiger partial charge on any atom is -0.419 e. The van der Waals surface area contributed by atoms with Crippen molar-refractivity contribution in [2.45, 2.75) is 23.5 Å². The first-order valence-corrected chi connectivity index (χ1v) is 6.78. The van der Waals surface area contributed by atoms with Crippen LogP contribution in [-0.4, -0.2) is 22.3 Å². The van der Waals surface area contributed by atoms with Gasteiger partial charge in [0.05, 0.1) is 6.42 Å². The molecule has 2 aliphatic rings. The molecule has 0 aromatic heterocycles. The Labute approximate surface area is 117 Å². The van der Waals surface area contributed by atoms with Crippen molar-refractivity contribution in [3.8, 4) is 0 Å². The molecule has 0 radical (unpaired) electrons. The van der Waals surface area contributed by atoms with Gasteiger partial charge in [0.2, 0.25) is 0 Å². The number of rotatable bonds is 1. The third-order valence-electron chi connectivity index (χ3n) is 3.03. The largest absolute Gasteiger partial charge is 0.419 e. The summed E-state index contributed by atoms with van der Waals surface area (Å²) in [4.78, 5) is 16.3. The summed E-state index contributed by atoms with van der Waals surface area (Å²) in [6.07, 6.45) is 0.855. The van der Waals surface area contributed by atoms with Gasteiger partial charge >= 0.3 is 5.97 Å². The summed E-state index contributed by atoms with van der Waals surface area (Å²) in [6.45, 7) is 0. The monoisotopic (exact) mass is 329 g/mol. The molecule has 4 nitrogen and oxygen atoms in total. The molecule has 1 aromatic rings. The minimum absolute atomic E-state index is 0.257. The molecule has 1 spiro atoms. The SMILES string of the molecule is O=C1CC[C@@]2(ON=C(c3ccc(Cl)cc3)[C@@H]2Br)O1. The molecule has 0 N–H and O–H groups in total. The summed E-state index contributed by atoms with van der Waals surface area (Å²) in [7, 11) is 0.